The molecule has 2 rings (SSSR count). The predicted octanol–water partition coefficient (Wildman–Crippen LogP) is 3.36. The average Bonchev–Trinajstić information content (AvgIpc) is 2.87. The molecule has 92 valence electrons. The Morgan fingerprint density at radius 1 is 1.41 bits per heavy atom. The Balaban J connectivity index is 2.08. The number of thiazole rings is 1. The molecular weight excluding hydrogens is 300 g/mol. The van der Waals surface area contributed by atoms with Gasteiger partial charge >= 0.3 is 0 Å². The fourth-order valence-corrected chi connectivity index (χ4v) is 2.44. The summed E-state index contributed by atoms with van der Waals surface area (Å²) in [6.45, 7) is 7.04. The summed E-state index contributed by atoms with van der Waals surface area (Å²) in [4.78, 5) is 4.81. The quantitative estimate of drug-likeness (QED) is 0.813. The van der Waals surface area contributed by atoms with Gasteiger partial charge < -0.3 is 0 Å². The van der Waals surface area contributed by atoms with E-state index in [2.05, 4.69) is 50.5 Å². The zero-order valence-corrected chi connectivity index (χ0v) is 12.5. The van der Waals surface area contributed by atoms with E-state index in [1.807, 2.05) is 17.8 Å². The lowest BCUT2D eigenvalue weighted by atomic mass is 10.2. The van der Waals surface area contributed by atoms with Crippen molar-refractivity contribution in [3.8, 4) is 0 Å². The summed E-state index contributed by atoms with van der Waals surface area (Å²) in [5.74, 6) is 0.489. The van der Waals surface area contributed by atoms with Crippen LogP contribution in [0.25, 0.3) is 0 Å². The van der Waals surface area contributed by atoms with Crippen molar-refractivity contribution in [2.45, 2.75) is 38.1 Å². The molecule has 0 N–H and O–H groups in total. The lowest BCUT2D eigenvalue weighted by Crippen LogP contribution is -2.01. The highest BCUT2D eigenvalue weighted by Gasteiger charge is 2.09. The molecule has 0 amide bonds. The first-order valence-electron chi connectivity index (χ1n) is 5.54. The van der Waals surface area contributed by atoms with Crippen molar-refractivity contribution in [2.24, 2.45) is 0 Å². The highest BCUT2D eigenvalue weighted by Crippen LogP contribution is 2.21. The largest absolute Gasteiger partial charge is 0.246 e. The molecule has 1 atom stereocenters. The summed E-state index contributed by atoms with van der Waals surface area (Å²) in [6, 6.07) is 0. The van der Waals surface area contributed by atoms with Crippen LogP contribution in [0, 0.1) is 0 Å². The molecule has 17 heavy (non-hydrogen) atoms. The fourth-order valence-electron chi connectivity index (χ4n) is 1.40. The van der Waals surface area contributed by atoms with Gasteiger partial charge in [0, 0.05) is 11.3 Å². The van der Waals surface area contributed by atoms with Gasteiger partial charge in [0.2, 0.25) is 0 Å². The molecule has 0 aromatic carbocycles. The van der Waals surface area contributed by atoms with Crippen LogP contribution in [0.15, 0.2) is 11.6 Å². The molecule has 2 heterocycles. The van der Waals surface area contributed by atoms with Crippen molar-refractivity contribution in [2.75, 3.05) is 0 Å². The first-order chi connectivity index (χ1) is 8.06. The van der Waals surface area contributed by atoms with E-state index in [-0.39, 0.29) is 4.83 Å². The Hall–Kier alpha value is -0.750. The smallest absolute Gasteiger partial charge is 0.0960 e. The minimum Gasteiger partial charge on any atom is -0.246 e. The second kappa shape index (κ2) is 5.27. The van der Waals surface area contributed by atoms with E-state index in [0.29, 0.717) is 12.5 Å². The van der Waals surface area contributed by atoms with E-state index < -0.39 is 0 Å². The van der Waals surface area contributed by atoms with Crippen LogP contribution < -0.4 is 0 Å². The van der Waals surface area contributed by atoms with E-state index in [9.17, 15) is 0 Å². The van der Waals surface area contributed by atoms with E-state index in [1.54, 1.807) is 11.3 Å². The lowest BCUT2D eigenvalue weighted by molar-refractivity contribution is 0.638. The topological polar surface area (TPSA) is 43.6 Å². The SMILES string of the molecule is CC(C)c1nc(Cn2cc(C(C)Br)nn2)cs1. The normalized spacial score (nSPS) is 13.2. The second-order valence-corrected chi connectivity index (χ2v) is 6.55. The zero-order chi connectivity index (χ0) is 12.4. The summed E-state index contributed by atoms with van der Waals surface area (Å²) in [7, 11) is 0. The van der Waals surface area contributed by atoms with Crippen molar-refractivity contribution in [3.05, 3.63) is 28.0 Å². The summed E-state index contributed by atoms with van der Waals surface area (Å²) < 4.78 is 1.83. The van der Waals surface area contributed by atoms with Gasteiger partial charge in [0.05, 0.1) is 34.0 Å². The molecule has 1 unspecified atom stereocenters. The van der Waals surface area contributed by atoms with Gasteiger partial charge in [0.1, 0.15) is 0 Å². The van der Waals surface area contributed by atoms with E-state index in [0.717, 1.165) is 11.4 Å². The summed E-state index contributed by atoms with van der Waals surface area (Å²) in [6.07, 6.45) is 1.95. The summed E-state index contributed by atoms with van der Waals surface area (Å²) in [5, 5.41) is 11.5. The molecule has 6 heteroatoms. The van der Waals surface area contributed by atoms with Crippen LogP contribution in [-0.4, -0.2) is 20.0 Å². The van der Waals surface area contributed by atoms with Crippen LogP contribution in [0.1, 0.15) is 47.9 Å². The number of nitrogens with zero attached hydrogens (tertiary/aromatic N) is 4. The third-order valence-corrected chi connectivity index (χ3v) is 4.01. The van der Waals surface area contributed by atoms with Crippen LogP contribution in [0.3, 0.4) is 0 Å². The molecule has 0 aliphatic rings. The number of aromatic nitrogens is 4. The molecule has 0 aliphatic heterocycles. The molecule has 4 nitrogen and oxygen atoms in total. The van der Waals surface area contributed by atoms with Crippen LogP contribution in [0.5, 0.6) is 0 Å². The number of hydrogen-bond donors (Lipinski definition) is 0. The second-order valence-electron chi connectivity index (χ2n) is 4.29. The number of alkyl halides is 1. The maximum Gasteiger partial charge on any atom is 0.0960 e. The van der Waals surface area contributed by atoms with Crippen molar-refractivity contribution in [1.29, 1.82) is 0 Å². The third kappa shape index (κ3) is 3.13. The van der Waals surface area contributed by atoms with Gasteiger partial charge in [-0.15, -0.1) is 16.4 Å². The monoisotopic (exact) mass is 314 g/mol. The minimum atomic E-state index is 0.234. The van der Waals surface area contributed by atoms with E-state index >= 15 is 0 Å². The number of halogens is 1. The first-order valence-corrected chi connectivity index (χ1v) is 7.34. The molecule has 0 spiro atoms. The Morgan fingerprint density at radius 3 is 2.71 bits per heavy atom. The molecule has 2 aromatic rings. The van der Waals surface area contributed by atoms with E-state index in [4.69, 9.17) is 0 Å². The Kier molecular flexibility index (Phi) is 3.93. The van der Waals surface area contributed by atoms with Gasteiger partial charge in [0.15, 0.2) is 0 Å². The lowest BCUT2D eigenvalue weighted by Gasteiger charge is -1.98. The Morgan fingerprint density at radius 2 is 2.18 bits per heavy atom. The van der Waals surface area contributed by atoms with Crippen molar-refractivity contribution in [3.63, 3.8) is 0 Å². The van der Waals surface area contributed by atoms with Crippen molar-refractivity contribution < 1.29 is 0 Å². The van der Waals surface area contributed by atoms with Crippen molar-refractivity contribution >= 4 is 27.3 Å². The van der Waals surface area contributed by atoms with Gasteiger partial charge in [-0.1, -0.05) is 35.0 Å². The van der Waals surface area contributed by atoms with Gasteiger partial charge in [-0.2, -0.15) is 0 Å². The predicted molar refractivity (Wildman–Crippen MR) is 72.7 cm³/mol. The Labute approximate surface area is 113 Å². The Bertz CT molecular complexity index is 445. The minimum absolute atomic E-state index is 0.234. The molecule has 0 aliphatic carbocycles. The third-order valence-electron chi connectivity index (χ3n) is 2.35. The van der Waals surface area contributed by atoms with Crippen LogP contribution in [0.4, 0.5) is 0 Å². The molecule has 0 saturated heterocycles. The average molecular weight is 315 g/mol. The van der Waals surface area contributed by atoms with Crippen LogP contribution in [-0.2, 0) is 6.54 Å². The first kappa shape index (κ1) is 12.7. The molecular formula is C11H15BrN4S. The van der Waals surface area contributed by atoms with Gasteiger partial charge in [0.25, 0.3) is 0 Å². The molecule has 0 radical (unpaired) electrons. The van der Waals surface area contributed by atoms with Gasteiger partial charge in [-0.25, -0.2) is 9.67 Å². The maximum absolute atomic E-state index is 4.58. The highest BCUT2D eigenvalue weighted by molar-refractivity contribution is 9.09. The van der Waals surface area contributed by atoms with Crippen molar-refractivity contribution in [1.82, 2.24) is 20.0 Å². The van der Waals surface area contributed by atoms with Gasteiger partial charge in [-0.3, -0.25) is 0 Å². The fraction of sp³-hybridized carbons (Fsp3) is 0.545. The van der Waals surface area contributed by atoms with Crippen LogP contribution in [0.2, 0.25) is 0 Å². The molecule has 0 bridgehead atoms. The van der Waals surface area contributed by atoms with Crippen LogP contribution >= 0.6 is 27.3 Å². The summed E-state index contributed by atoms with van der Waals surface area (Å²) in [5.41, 5.74) is 2.00. The number of hydrogen-bond acceptors (Lipinski definition) is 4. The van der Waals surface area contributed by atoms with Gasteiger partial charge in [-0.05, 0) is 6.92 Å². The standard InChI is InChI=1S/C11H15BrN4S/c1-7(2)11-13-9(6-17-11)4-16-5-10(8(3)12)14-15-16/h5-8H,4H2,1-3H3. The summed E-state index contributed by atoms with van der Waals surface area (Å²) >= 11 is 5.18. The highest BCUT2D eigenvalue weighted by atomic mass is 79.9. The maximum atomic E-state index is 4.58. The molecule has 0 saturated carbocycles. The zero-order valence-electron chi connectivity index (χ0n) is 10.1. The molecule has 2 aromatic heterocycles. The van der Waals surface area contributed by atoms with E-state index in [1.165, 1.54) is 5.01 Å². The molecule has 0 fully saturated rings. The number of rotatable bonds is 4.